The minimum atomic E-state index is -0.0217. The molecule has 2 aromatic rings. The summed E-state index contributed by atoms with van der Waals surface area (Å²) in [5.41, 5.74) is 6.73. The van der Waals surface area contributed by atoms with E-state index in [0.29, 0.717) is 36.1 Å². The normalized spacial score (nSPS) is 19.0. The summed E-state index contributed by atoms with van der Waals surface area (Å²) in [5, 5.41) is 0.828. The maximum absolute atomic E-state index is 12.8. The topological polar surface area (TPSA) is 64.8 Å². The van der Waals surface area contributed by atoms with E-state index in [4.69, 9.17) is 15.2 Å². The van der Waals surface area contributed by atoms with Crippen LogP contribution < -0.4 is 10.5 Å². The van der Waals surface area contributed by atoms with Crippen LogP contribution in [0.3, 0.4) is 0 Å². The van der Waals surface area contributed by atoms with E-state index in [-0.39, 0.29) is 11.9 Å². The molecule has 2 N–H and O–H groups in total. The second-order valence-corrected chi connectivity index (χ2v) is 6.15. The van der Waals surface area contributed by atoms with E-state index in [0.717, 1.165) is 10.1 Å². The van der Waals surface area contributed by atoms with Gasteiger partial charge in [-0.2, -0.15) is 0 Å². The first kappa shape index (κ1) is 14.2. The zero-order chi connectivity index (χ0) is 15.0. The zero-order valence-electron chi connectivity index (χ0n) is 12.1. The van der Waals surface area contributed by atoms with Crippen molar-refractivity contribution in [3.8, 4) is 5.75 Å². The van der Waals surface area contributed by atoms with Gasteiger partial charge in [-0.05, 0) is 19.1 Å². The Morgan fingerprint density at radius 3 is 3.05 bits per heavy atom. The number of carbonyl (C=O) groups is 1. The third-order valence-electron chi connectivity index (χ3n) is 3.76. The number of thiophene rings is 1. The third kappa shape index (κ3) is 2.34. The van der Waals surface area contributed by atoms with Gasteiger partial charge in [0.1, 0.15) is 10.6 Å². The van der Waals surface area contributed by atoms with Crippen molar-refractivity contribution in [2.75, 3.05) is 32.6 Å². The van der Waals surface area contributed by atoms with Crippen LogP contribution >= 0.6 is 11.3 Å². The van der Waals surface area contributed by atoms with Crippen LogP contribution in [0.2, 0.25) is 0 Å². The van der Waals surface area contributed by atoms with Crippen LogP contribution in [0, 0.1) is 0 Å². The lowest BCUT2D eigenvalue weighted by Gasteiger charge is -2.33. The Balaban J connectivity index is 2.04. The fraction of sp³-hybridized carbons (Fsp3) is 0.400. The van der Waals surface area contributed by atoms with Gasteiger partial charge in [-0.15, -0.1) is 11.3 Å². The summed E-state index contributed by atoms with van der Waals surface area (Å²) in [7, 11) is 1.61. The number of carbonyl (C=O) groups excluding carboxylic acids is 1. The lowest BCUT2D eigenvalue weighted by atomic mass is 10.2. The van der Waals surface area contributed by atoms with Gasteiger partial charge in [-0.25, -0.2) is 0 Å². The largest absolute Gasteiger partial charge is 0.496 e. The number of nitrogens with zero attached hydrogens (tertiary/aromatic N) is 1. The van der Waals surface area contributed by atoms with Crippen molar-refractivity contribution >= 4 is 33.0 Å². The summed E-state index contributed by atoms with van der Waals surface area (Å²) < 4.78 is 11.7. The van der Waals surface area contributed by atoms with Crippen molar-refractivity contribution in [1.29, 1.82) is 0 Å². The van der Waals surface area contributed by atoms with Crippen molar-refractivity contribution in [2.24, 2.45) is 0 Å². The highest BCUT2D eigenvalue weighted by atomic mass is 32.1. The second-order valence-electron chi connectivity index (χ2n) is 5.10. The summed E-state index contributed by atoms with van der Waals surface area (Å²) >= 11 is 1.42. The molecule has 0 aliphatic carbocycles. The predicted molar refractivity (Wildman–Crippen MR) is 84.1 cm³/mol. The number of rotatable bonds is 2. The molecule has 1 amide bonds. The number of ether oxygens (including phenoxy) is 2. The number of amides is 1. The van der Waals surface area contributed by atoms with Crippen LogP contribution in [0.4, 0.5) is 5.69 Å². The van der Waals surface area contributed by atoms with Crippen molar-refractivity contribution < 1.29 is 14.3 Å². The summed E-state index contributed by atoms with van der Waals surface area (Å²) in [5.74, 6) is 0.682. The van der Waals surface area contributed by atoms with Crippen molar-refractivity contribution in [3.05, 3.63) is 23.1 Å². The molecule has 21 heavy (non-hydrogen) atoms. The van der Waals surface area contributed by atoms with Gasteiger partial charge in [-0.3, -0.25) is 4.79 Å². The molecule has 1 aliphatic rings. The number of anilines is 1. The smallest absolute Gasteiger partial charge is 0.266 e. The van der Waals surface area contributed by atoms with E-state index in [1.807, 2.05) is 30.0 Å². The molecule has 0 spiro atoms. The molecule has 0 radical (unpaired) electrons. The van der Waals surface area contributed by atoms with E-state index < -0.39 is 0 Å². The number of methoxy groups -OCH3 is 1. The average molecular weight is 306 g/mol. The molecule has 3 rings (SSSR count). The minimum Gasteiger partial charge on any atom is -0.496 e. The number of hydrogen-bond acceptors (Lipinski definition) is 5. The quantitative estimate of drug-likeness (QED) is 0.925. The highest BCUT2D eigenvalue weighted by Gasteiger charge is 2.28. The Morgan fingerprint density at radius 1 is 1.52 bits per heavy atom. The fourth-order valence-corrected chi connectivity index (χ4v) is 3.72. The van der Waals surface area contributed by atoms with Crippen LogP contribution in [0.15, 0.2) is 18.2 Å². The molecule has 1 aliphatic heterocycles. The number of hydrogen-bond donors (Lipinski definition) is 1. The Labute approximate surface area is 127 Å². The summed E-state index contributed by atoms with van der Waals surface area (Å²) in [6.07, 6.45) is 0. The molecule has 1 aromatic heterocycles. The van der Waals surface area contributed by atoms with Crippen molar-refractivity contribution in [3.63, 3.8) is 0 Å². The van der Waals surface area contributed by atoms with E-state index >= 15 is 0 Å². The van der Waals surface area contributed by atoms with Crippen LogP contribution in [0.25, 0.3) is 10.1 Å². The van der Waals surface area contributed by atoms with Crippen LogP contribution in [-0.2, 0) is 4.74 Å². The minimum absolute atomic E-state index is 0.0217. The third-order valence-corrected chi connectivity index (χ3v) is 4.92. The highest BCUT2D eigenvalue weighted by Crippen LogP contribution is 2.40. The zero-order valence-corrected chi connectivity index (χ0v) is 12.9. The highest BCUT2D eigenvalue weighted by molar-refractivity contribution is 7.21. The fourth-order valence-electron chi connectivity index (χ4n) is 2.63. The molecular weight excluding hydrogens is 288 g/mol. The Kier molecular flexibility index (Phi) is 3.73. The second kappa shape index (κ2) is 5.54. The Morgan fingerprint density at radius 2 is 2.33 bits per heavy atom. The summed E-state index contributed by atoms with van der Waals surface area (Å²) in [6, 6.07) is 5.79. The van der Waals surface area contributed by atoms with Crippen LogP contribution in [0.5, 0.6) is 5.75 Å². The first-order chi connectivity index (χ1) is 10.1. The maximum Gasteiger partial charge on any atom is 0.266 e. The SMILES string of the molecule is COc1cccc2sc(C(=O)N3CCOCC3C)c(N)c12. The number of fused-ring (bicyclic) bond motifs is 1. The lowest BCUT2D eigenvalue weighted by molar-refractivity contribution is 0.00392. The molecule has 1 fully saturated rings. The average Bonchev–Trinajstić information content (AvgIpc) is 2.84. The molecule has 1 unspecified atom stereocenters. The molecule has 6 heteroatoms. The molecule has 1 aromatic carbocycles. The number of morpholine rings is 1. The van der Waals surface area contributed by atoms with Crippen molar-refractivity contribution in [2.45, 2.75) is 13.0 Å². The molecule has 2 heterocycles. The van der Waals surface area contributed by atoms with E-state index in [2.05, 4.69) is 0 Å². The van der Waals surface area contributed by atoms with Gasteiger partial charge < -0.3 is 20.1 Å². The van der Waals surface area contributed by atoms with E-state index in [9.17, 15) is 4.79 Å². The van der Waals surface area contributed by atoms with Gasteiger partial charge >= 0.3 is 0 Å². The maximum atomic E-state index is 12.8. The Hall–Kier alpha value is -1.79. The summed E-state index contributed by atoms with van der Waals surface area (Å²) in [4.78, 5) is 15.2. The Bertz CT molecular complexity index is 683. The van der Waals surface area contributed by atoms with Crippen LogP contribution in [0.1, 0.15) is 16.6 Å². The van der Waals surface area contributed by atoms with Gasteiger partial charge in [0.05, 0.1) is 37.4 Å². The molecule has 0 saturated carbocycles. The molecule has 0 bridgehead atoms. The van der Waals surface area contributed by atoms with E-state index in [1.165, 1.54) is 11.3 Å². The first-order valence-corrected chi connectivity index (χ1v) is 7.68. The molecule has 1 saturated heterocycles. The molecule has 1 atom stereocenters. The van der Waals surface area contributed by atoms with Crippen molar-refractivity contribution in [1.82, 2.24) is 4.90 Å². The van der Waals surface area contributed by atoms with E-state index in [1.54, 1.807) is 7.11 Å². The predicted octanol–water partition coefficient (Wildman–Crippen LogP) is 2.35. The lowest BCUT2D eigenvalue weighted by Crippen LogP contribution is -2.47. The number of nitrogen functional groups attached to an aromatic ring is 1. The van der Waals surface area contributed by atoms with Gasteiger partial charge in [0.2, 0.25) is 0 Å². The van der Waals surface area contributed by atoms with Gasteiger partial charge in [0.15, 0.2) is 0 Å². The molecule has 112 valence electrons. The standard InChI is InChI=1S/C15H18N2O3S/c1-9-8-20-7-6-17(9)15(18)14-13(16)12-10(19-2)4-3-5-11(12)21-14/h3-5,9H,6-8,16H2,1-2H3. The monoisotopic (exact) mass is 306 g/mol. The molecule has 5 nitrogen and oxygen atoms in total. The van der Waals surface area contributed by atoms with Crippen LogP contribution in [-0.4, -0.2) is 43.7 Å². The number of nitrogens with two attached hydrogens (primary N) is 1. The first-order valence-electron chi connectivity index (χ1n) is 6.87. The van der Waals surface area contributed by atoms with Gasteiger partial charge in [0.25, 0.3) is 5.91 Å². The number of benzene rings is 1. The summed E-state index contributed by atoms with van der Waals surface area (Å²) in [6.45, 7) is 3.73. The van der Waals surface area contributed by atoms with Gasteiger partial charge in [0, 0.05) is 11.2 Å². The van der Waals surface area contributed by atoms with Gasteiger partial charge in [-0.1, -0.05) is 6.07 Å². The molecular formula is C15H18N2O3S.